The number of amides is 1. The minimum absolute atomic E-state index is 0.352. The standard InChI is InChI=1S/C12H15BrN2O2/c13-9-4-3-5-10(8-9)14-15-11(16)12(17)6-1-2-7-12/h3-5,8,14,17H,1-2,6-7H2,(H,15,16). The summed E-state index contributed by atoms with van der Waals surface area (Å²) in [6.45, 7) is 0. The van der Waals surface area contributed by atoms with E-state index >= 15 is 0 Å². The molecule has 1 fully saturated rings. The van der Waals surface area contributed by atoms with Crippen LogP contribution in [0.4, 0.5) is 5.69 Å². The molecule has 92 valence electrons. The molecule has 0 radical (unpaired) electrons. The molecule has 0 spiro atoms. The van der Waals surface area contributed by atoms with Crippen molar-refractivity contribution >= 4 is 27.5 Å². The summed E-state index contributed by atoms with van der Waals surface area (Å²) in [6.07, 6.45) is 2.89. The molecule has 1 aliphatic rings. The maximum atomic E-state index is 11.8. The van der Waals surface area contributed by atoms with Crippen molar-refractivity contribution in [2.75, 3.05) is 5.43 Å². The number of rotatable bonds is 3. The normalized spacial score (nSPS) is 17.8. The Morgan fingerprint density at radius 3 is 2.71 bits per heavy atom. The van der Waals surface area contributed by atoms with E-state index in [1.165, 1.54) is 0 Å². The molecule has 17 heavy (non-hydrogen) atoms. The highest BCUT2D eigenvalue weighted by Gasteiger charge is 2.38. The Morgan fingerprint density at radius 1 is 1.35 bits per heavy atom. The number of nitrogens with one attached hydrogen (secondary N) is 2. The first-order valence-electron chi connectivity index (χ1n) is 5.65. The molecule has 1 amide bonds. The number of carbonyl (C=O) groups is 1. The van der Waals surface area contributed by atoms with Crippen LogP contribution in [0.15, 0.2) is 28.7 Å². The van der Waals surface area contributed by atoms with Gasteiger partial charge in [0.1, 0.15) is 5.60 Å². The Balaban J connectivity index is 1.92. The average molecular weight is 299 g/mol. The summed E-state index contributed by atoms with van der Waals surface area (Å²) in [6, 6.07) is 7.45. The van der Waals surface area contributed by atoms with E-state index in [9.17, 15) is 9.90 Å². The van der Waals surface area contributed by atoms with Gasteiger partial charge in [-0.15, -0.1) is 0 Å². The van der Waals surface area contributed by atoms with Crippen molar-refractivity contribution in [1.29, 1.82) is 0 Å². The predicted octanol–water partition coefficient (Wildman–Crippen LogP) is 2.20. The molecular formula is C12H15BrN2O2. The van der Waals surface area contributed by atoms with E-state index < -0.39 is 5.60 Å². The summed E-state index contributed by atoms with van der Waals surface area (Å²) < 4.78 is 0.927. The van der Waals surface area contributed by atoms with Crippen molar-refractivity contribution in [3.63, 3.8) is 0 Å². The molecule has 0 aliphatic heterocycles. The maximum absolute atomic E-state index is 11.8. The van der Waals surface area contributed by atoms with E-state index in [1.54, 1.807) is 0 Å². The highest BCUT2D eigenvalue weighted by molar-refractivity contribution is 9.10. The van der Waals surface area contributed by atoms with E-state index in [1.807, 2.05) is 24.3 Å². The van der Waals surface area contributed by atoms with Crippen molar-refractivity contribution in [3.8, 4) is 0 Å². The molecule has 0 aromatic heterocycles. The van der Waals surface area contributed by atoms with Crippen LogP contribution in [0.5, 0.6) is 0 Å². The van der Waals surface area contributed by atoms with Crippen LogP contribution in [-0.4, -0.2) is 16.6 Å². The van der Waals surface area contributed by atoms with Crippen molar-refractivity contribution in [1.82, 2.24) is 5.43 Å². The van der Waals surface area contributed by atoms with Gasteiger partial charge >= 0.3 is 0 Å². The Hall–Kier alpha value is -1.07. The number of benzene rings is 1. The van der Waals surface area contributed by atoms with Gasteiger partial charge < -0.3 is 5.11 Å². The van der Waals surface area contributed by atoms with Gasteiger partial charge in [0.05, 0.1) is 5.69 Å². The van der Waals surface area contributed by atoms with Crippen LogP contribution in [-0.2, 0) is 4.79 Å². The zero-order chi connectivity index (χ0) is 12.3. The van der Waals surface area contributed by atoms with Crippen LogP contribution in [0.1, 0.15) is 25.7 Å². The van der Waals surface area contributed by atoms with E-state index in [2.05, 4.69) is 26.8 Å². The molecule has 0 unspecified atom stereocenters. The lowest BCUT2D eigenvalue weighted by Crippen LogP contribution is -2.46. The Labute approximate surface area is 109 Å². The fourth-order valence-electron chi connectivity index (χ4n) is 2.00. The molecule has 5 heteroatoms. The minimum atomic E-state index is -1.20. The molecule has 1 saturated carbocycles. The summed E-state index contributed by atoms with van der Waals surface area (Å²) in [5.74, 6) is -0.352. The second-order valence-electron chi connectivity index (χ2n) is 4.33. The summed E-state index contributed by atoms with van der Waals surface area (Å²) >= 11 is 3.34. The van der Waals surface area contributed by atoms with Gasteiger partial charge in [-0.3, -0.25) is 15.6 Å². The summed E-state index contributed by atoms with van der Waals surface area (Å²) in [5, 5.41) is 10.0. The molecule has 1 aromatic rings. The first-order valence-corrected chi connectivity index (χ1v) is 6.44. The van der Waals surface area contributed by atoms with Gasteiger partial charge in [0.15, 0.2) is 0 Å². The zero-order valence-electron chi connectivity index (χ0n) is 9.37. The van der Waals surface area contributed by atoms with Gasteiger partial charge in [0.25, 0.3) is 5.91 Å². The third kappa shape index (κ3) is 2.98. The minimum Gasteiger partial charge on any atom is -0.380 e. The zero-order valence-corrected chi connectivity index (χ0v) is 11.0. The molecule has 0 bridgehead atoms. The SMILES string of the molecule is O=C(NNc1cccc(Br)c1)C1(O)CCCC1. The van der Waals surface area contributed by atoms with Gasteiger partial charge in [-0.2, -0.15) is 0 Å². The first-order chi connectivity index (χ1) is 8.10. The molecular weight excluding hydrogens is 284 g/mol. The van der Waals surface area contributed by atoms with Crippen LogP contribution < -0.4 is 10.9 Å². The smallest absolute Gasteiger partial charge is 0.270 e. The number of anilines is 1. The van der Waals surface area contributed by atoms with Gasteiger partial charge in [0, 0.05) is 4.47 Å². The molecule has 0 atom stereocenters. The predicted molar refractivity (Wildman–Crippen MR) is 69.3 cm³/mol. The Morgan fingerprint density at radius 2 is 2.06 bits per heavy atom. The molecule has 3 N–H and O–H groups in total. The topological polar surface area (TPSA) is 61.4 Å². The molecule has 2 rings (SSSR count). The highest BCUT2D eigenvalue weighted by Crippen LogP contribution is 2.29. The average Bonchev–Trinajstić information content (AvgIpc) is 2.74. The Kier molecular flexibility index (Phi) is 3.69. The van der Waals surface area contributed by atoms with Crippen molar-refractivity contribution in [3.05, 3.63) is 28.7 Å². The largest absolute Gasteiger partial charge is 0.380 e. The first kappa shape index (κ1) is 12.4. The highest BCUT2D eigenvalue weighted by atomic mass is 79.9. The molecule has 4 nitrogen and oxygen atoms in total. The fourth-order valence-corrected chi connectivity index (χ4v) is 2.40. The van der Waals surface area contributed by atoms with Gasteiger partial charge in [-0.05, 0) is 43.9 Å². The second kappa shape index (κ2) is 5.06. The lowest BCUT2D eigenvalue weighted by molar-refractivity contribution is -0.138. The maximum Gasteiger partial charge on any atom is 0.270 e. The van der Waals surface area contributed by atoms with Crippen LogP contribution in [0.3, 0.4) is 0 Å². The van der Waals surface area contributed by atoms with Gasteiger partial charge in [-0.1, -0.05) is 22.0 Å². The van der Waals surface area contributed by atoms with Crippen LogP contribution in [0, 0.1) is 0 Å². The summed E-state index contributed by atoms with van der Waals surface area (Å²) in [4.78, 5) is 11.8. The monoisotopic (exact) mass is 298 g/mol. The number of aliphatic hydroxyl groups is 1. The molecule has 1 aliphatic carbocycles. The van der Waals surface area contributed by atoms with Crippen molar-refractivity contribution in [2.45, 2.75) is 31.3 Å². The number of hydrogen-bond donors (Lipinski definition) is 3. The van der Waals surface area contributed by atoms with E-state index in [4.69, 9.17) is 0 Å². The van der Waals surface area contributed by atoms with Crippen LogP contribution >= 0.6 is 15.9 Å². The van der Waals surface area contributed by atoms with E-state index in [0.29, 0.717) is 12.8 Å². The summed E-state index contributed by atoms with van der Waals surface area (Å²) in [5.41, 5.74) is 4.92. The lowest BCUT2D eigenvalue weighted by atomic mass is 10.0. The quantitative estimate of drug-likeness (QED) is 0.750. The third-order valence-electron chi connectivity index (χ3n) is 3.00. The number of hydrogen-bond acceptors (Lipinski definition) is 3. The van der Waals surface area contributed by atoms with E-state index in [0.717, 1.165) is 23.0 Å². The van der Waals surface area contributed by atoms with Crippen molar-refractivity contribution < 1.29 is 9.90 Å². The third-order valence-corrected chi connectivity index (χ3v) is 3.49. The number of halogens is 1. The van der Waals surface area contributed by atoms with E-state index in [-0.39, 0.29) is 5.91 Å². The van der Waals surface area contributed by atoms with Crippen LogP contribution in [0.2, 0.25) is 0 Å². The molecule has 0 saturated heterocycles. The van der Waals surface area contributed by atoms with Gasteiger partial charge in [-0.25, -0.2) is 0 Å². The second-order valence-corrected chi connectivity index (χ2v) is 5.24. The summed E-state index contributed by atoms with van der Waals surface area (Å²) in [7, 11) is 0. The Bertz CT molecular complexity index is 417. The van der Waals surface area contributed by atoms with Gasteiger partial charge in [0.2, 0.25) is 0 Å². The number of hydrazine groups is 1. The molecule has 0 heterocycles. The lowest BCUT2D eigenvalue weighted by Gasteiger charge is -2.21. The van der Waals surface area contributed by atoms with Crippen molar-refractivity contribution in [2.24, 2.45) is 0 Å². The van der Waals surface area contributed by atoms with Crippen LogP contribution in [0.25, 0.3) is 0 Å². The molecule has 1 aromatic carbocycles. The number of carbonyl (C=O) groups excluding carboxylic acids is 1. The fraction of sp³-hybridized carbons (Fsp3) is 0.417.